The molecule has 0 atom stereocenters. The zero-order valence-electron chi connectivity index (χ0n) is 15.8. The molecule has 1 aliphatic carbocycles. The molecule has 0 spiro atoms. The highest BCUT2D eigenvalue weighted by Gasteiger charge is 2.24. The minimum Gasteiger partial charge on any atom is -0.496 e. The Bertz CT molecular complexity index is 822. The Morgan fingerprint density at radius 1 is 1.26 bits per heavy atom. The number of carboxylic acids is 1. The molecule has 2 aromatic rings. The third-order valence-corrected chi connectivity index (χ3v) is 5.89. The lowest BCUT2D eigenvalue weighted by Crippen LogP contribution is -2.32. The molecule has 1 aromatic heterocycles. The number of aliphatic carboxylic acids is 1. The van der Waals surface area contributed by atoms with Gasteiger partial charge in [-0.2, -0.15) is 5.10 Å². The van der Waals surface area contributed by atoms with Gasteiger partial charge in [0.15, 0.2) is 0 Å². The highest BCUT2D eigenvalue weighted by Crippen LogP contribution is 2.32. The van der Waals surface area contributed by atoms with Gasteiger partial charge in [-0.25, -0.2) is 0 Å². The molecule has 0 amide bonds. The van der Waals surface area contributed by atoms with E-state index in [2.05, 4.69) is 27.2 Å². The molecular formula is C21H27N3O3. The number of aromatic amines is 1. The van der Waals surface area contributed by atoms with Crippen LogP contribution < -0.4 is 4.74 Å². The molecule has 1 aromatic carbocycles. The first-order valence-corrected chi connectivity index (χ1v) is 9.79. The van der Waals surface area contributed by atoms with Gasteiger partial charge in [-0.05, 0) is 68.5 Å². The fourth-order valence-corrected chi connectivity index (χ4v) is 4.44. The van der Waals surface area contributed by atoms with E-state index in [0.29, 0.717) is 11.6 Å². The SMILES string of the molecule is COc1cc2c(cc1CN1CCC(c3cc(CC(=O)O)[nH]n3)CC1)CCC2. The molecule has 1 aliphatic heterocycles. The number of H-pyrrole nitrogens is 1. The van der Waals surface area contributed by atoms with Crippen LogP contribution in [0, 0.1) is 0 Å². The van der Waals surface area contributed by atoms with Crippen LogP contribution in [0.3, 0.4) is 0 Å². The molecule has 2 heterocycles. The number of fused-ring (bicyclic) bond motifs is 1. The van der Waals surface area contributed by atoms with E-state index < -0.39 is 5.97 Å². The van der Waals surface area contributed by atoms with Crippen LogP contribution in [0.15, 0.2) is 18.2 Å². The van der Waals surface area contributed by atoms with E-state index in [-0.39, 0.29) is 6.42 Å². The summed E-state index contributed by atoms with van der Waals surface area (Å²) >= 11 is 0. The second-order valence-electron chi connectivity index (χ2n) is 7.73. The van der Waals surface area contributed by atoms with Crippen LogP contribution in [0.1, 0.15) is 53.3 Å². The number of nitrogens with zero attached hydrogens (tertiary/aromatic N) is 2. The normalized spacial score (nSPS) is 17.8. The molecule has 0 bridgehead atoms. The Morgan fingerprint density at radius 2 is 2.00 bits per heavy atom. The van der Waals surface area contributed by atoms with Gasteiger partial charge in [-0.15, -0.1) is 0 Å². The standard InChI is InChI=1S/C21H27N3O3/c1-27-20-10-16-4-2-3-15(16)9-17(20)13-24-7-5-14(6-8-24)19-11-18(22-23-19)12-21(25)26/h9-11,14H,2-8,12-13H2,1H3,(H,22,23)(H,25,26). The van der Waals surface area contributed by atoms with Crippen molar-refractivity contribution in [2.75, 3.05) is 20.2 Å². The first-order chi connectivity index (χ1) is 13.1. The number of carboxylic acid groups (broad SMARTS) is 1. The summed E-state index contributed by atoms with van der Waals surface area (Å²) in [6.45, 7) is 2.96. The number of rotatable bonds is 6. The van der Waals surface area contributed by atoms with Gasteiger partial charge >= 0.3 is 5.97 Å². The summed E-state index contributed by atoms with van der Waals surface area (Å²) in [5.74, 6) is 0.591. The fraction of sp³-hybridized carbons (Fsp3) is 0.524. The lowest BCUT2D eigenvalue weighted by molar-refractivity contribution is -0.136. The van der Waals surface area contributed by atoms with E-state index in [4.69, 9.17) is 9.84 Å². The van der Waals surface area contributed by atoms with Crippen molar-refractivity contribution in [3.63, 3.8) is 0 Å². The van der Waals surface area contributed by atoms with Crippen molar-refractivity contribution in [2.45, 2.75) is 51.0 Å². The first kappa shape index (κ1) is 18.0. The second-order valence-corrected chi connectivity index (χ2v) is 7.73. The van der Waals surface area contributed by atoms with E-state index >= 15 is 0 Å². The molecule has 1 fully saturated rings. The van der Waals surface area contributed by atoms with Gasteiger partial charge in [-0.3, -0.25) is 14.8 Å². The van der Waals surface area contributed by atoms with Crippen LogP contribution in [-0.4, -0.2) is 46.4 Å². The molecule has 0 unspecified atom stereocenters. The van der Waals surface area contributed by atoms with Crippen molar-refractivity contribution < 1.29 is 14.6 Å². The van der Waals surface area contributed by atoms with Gasteiger partial charge in [0.2, 0.25) is 0 Å². The number of nitrogens with one attached hydrogen (secondary N) is 1. The first-order valence-electron chi connectivity index (χ1n) is 9.79. The lowest BCUT2D eigenvalue weighted by atomic mass is 9.93. The van der Waals surface area contributed by atoms with E-state index in [9.17, 15) is 4.79 Å². The number of likely N-dealkylation sites (tertiary alicyclic amines) is 1. The second kappa shape index (κ2) is 7.72. The molecule has 6 nitrogen and oxygen atoms in total. The summed E-state index contributed by atoms with van der Waals surface area (Å²) in [5.41, 5.74) is 5.91. The number of benzene rings is 1. The minimum atomic E-state index is -0.830. The number of carbonyl (C=O) groups is 1. The van der Waals surface area contributed by atoms with Gasteiger partial charge in [0.25, 0.3) is 0 Å². The average molecular weight is 369 g/mol. The number of aryl methyl sites for hydroxylation is 2. The van der Waals surface area contributed by atoms with E-state index in [1.165, 1.54) is 36.0 Å². The molecule has 0 saturated carbocycles. The van der Waals surface area contributed by atoms with E-state index in [1.54, 1.807) is 7.11 Å². The minimum absolute atomic E-state index is 0.00394. The topological polar surface area (TPSA) is 78.5 Å². The molecule has 2 aliphatic rings. The van der Waals surface area contributed by atoms with Gasteiger partial charge in [0, 0.05) is 23.7 Å². The Balaban J connectivity index is 1.37. The van der Waals surface area contributed by atoms with Crippen molar-refractivity contribution >= 4 is 5.97 Å². The summed E-state index contributed by atoms with van der Waals surface area (Å²) in [4.78, 5) is 13.3. The van der Waals surface area contributed by atoms with Crippen LogP contribution in [0.25, 0.3) is 0 Å². The Labute approximate surface area is 159 Å². The highest BCUT2D eigenvalue weighted by molar-refractivity contribution is 5.69. The van der Waals surface area contributed by atoms with Crippen molar-refractivity contribution in [3.8, 4) is 5.75 Å². The predicted octanol–water partition coefficient (Wildman–Crippen LogP) is 2.91. The van der Waals surface area contributed by atoms with Crippen molar-refractivity contribution in [1.29, 1.82) is 0 Å². The van der Waals surface area contributed by atoms with Crippen LogP contribution in [-0.2, 0) is 30.6 Å². The summed E-state index contributed by atoms with van der Waals surface area (Å²) in [6.07, 6.45) is 5.71. The summed E-state index contributed by atoms with van der Waals surface area (Å²) in [6, 6.07) is 6.50. The largest absolute Gasteiger partial charge is 0.496 e. The summed E-state index contributed by atoms with van der Waals surface area (Å²) < 4.78 is 5.65. The molecule has 0 radical (unpaired) electrons. The predicted molar refractivity (Wildman–Crippen MR) is 102 cm³/mol. The lowest BCUT2D eigenvalue weighted by Gasteiger charge is -2.31. The third kappa shape index (κ3) is 4.00. The molecule has 27 heavy (non-hydrogen) atoms. The number of aromatic nitrogens is 2. The van der Waals surface area contributed by atoms with Crippen molar-refractivity contribution in [3.05, 3.63) is 46.3 Å². The van der Waals surface area contributed by atoms with Crippen molar-refractivity contribution in [2.24, 2.45) is 0 Å². The van der Waals surface area contributed by atoms with Crippen molar-refractivity contribution in [1.82, 2.24) is 15.1 Å². The smallest absolute Gasteiger partial charge is 0.309 e. The number of methoxy groups -OCH3 is 1. The molecule has 6 heteroatoms. The van der Waals surface area contributed by atoms with E-state index in [0.717, 1.165) is 43.9 Å². The monoisotopic (exact) mass is 369 g/mol. The highest BCUT2D eigenvalue weighted by atomic mass is 16.5. The van der Waals surface area contributed by atoms with E-state index in [1.807, 2.05) is 6.07 Å². The van der Waals surface area contributed by atoms with Gasteiger partial charge in [-0.1, -0.05) is 6.07 Å². The molecular weight excluding hydrogens is 342 g/mol. The number of hydrogen-bond donors (Lipinski definition) is 2. The third-order valence-electron chi connectivity index (χ3n) is 5.89. The quantitative estimate of drug-likeness (QED) is 0.819. The van der Waals surface area contributed by atoms with Crippen LogP contribution in [0.2, 0.25) is 0 Å². The molecule has 144 valence electrons. The zero-order valence-corrected chi connectivity index (χ0v) is 15.8. The Kier molecular flexibility index (Phi) is 5.16. The number of hydrogen-bond acceptors (Lipinski definition) is 4. The maximum absolute atomic E-state index is 10.8. The number of ether oxygens (including phenoxy) is 1. The number of piperidine rings is 1. The van der Waals surface area contributed by atoms with Gasteiger partial charge in [0.05, 0.1) is 19.2 Å². The van der Waals surface area contributed by atoms with Crippen LogP contribution in [0.5, 0.6) is 5.75 Å². The molecule has 1 saturated heterocycles. The zero-order chi connectivity index (χ0) is 18.8. The maximum atomic E-state index is 10.8. The van der Waals surface area contributed by atoms with Crippen LogP contribution >= 0.6 is 0 Å². The Morgan fingerprint density at radius 3 is 2.70 bits per heavy atom. The maximum Gasteiger partial charge on any atom is 0.309 e. The Hall–Kier alpha value is -2.34. The fourth-order valence-electron chi connectivity index (χ4n) is 4.44. The van der Waals surface area contributed by atoms with Gasteiger partial charge in [0.1, 0.15) is 5.75 Å². The van der Waals surface area contributed by atoms with Crippen LogP contribution in [0.4, 0.5) is 0 Å². The molecule has 2 N–H and O–H groups in total. The molecule has 4 rings (SSSR count). The average Bonchev–Trinajstić information content (AvgIpc) is 3.30. The summed E-state index contributed by atoms with van der Waals surface area (Å²) in [5, 5.41) is 16.1. The van der Waals surface area contributed by atoms with Gasteiger partial charge < -0.3 is 9.84 Å². The summed E-state index contributed by atoms with van der Waals surface area (Å²) in [7, 11) is 1.76.